The highest BCUT2D eigenvalue weighted by Gasteiger charge is 2.76. The maximum absolute atomic E-state index is 14.6. The smallest absolute Gasteiger partial charge is 0.312 e. The number of benzene rings is 1. The molecule has 0 saturated carbocycles. The van der Waals surface area contributed by atoms with Gasteiger partial charge in [-0.25, -0.2) is 0 Å². The summed E-state index contributed by atoms with van der Waals surface area (Å²) in [5.74, 6) is -3.37. The zero-order chi connectivity index (χ0) is 31.5. The lowest BCUT2D eigenvalue weighted by atomic mass is 9.70. The molecule has 1 aromatic rings. The predicted octanol–water partition coefficient (Wildman–Crippen LogP) is 2.92. The van der Waals surface area contributed by atoms with Crippen molar-refractivity contribution in [1.82, 2.24) is 15.1 Å². The minimum Gasteiger partial charge on any atom is -0.460 e. The van der Waals surface area contributed by atoms with Crippen LogP contribution < -0.4 is 5.32 Å². The van der Waals surface area contributed by atoms with Gasteiger partial charge in [-0.15, -0.1) is 13.2 Å². The number of likely N-dealkylation sites (tertiary alicyclic amines) is 1. The van der Waals surface area contributed by atoms with Gasteiger partial charge in [-0.3, -0.25) is 19.2 Å². The van der Waals surface area contributed by atoms with Crippen LogP contribution in [0, 0.1) is 11.8 Å². The molecule has 10 nitrogen and oxygen atoms in total. The van der Waals surface area contributed by atoms with Crippen LogP contribution in [0.25, 0.3) is 0 Å². The van der Waals surface area contributed by atoms with Gasteiger partial charge in [0.15, 0.2) is 0 Å². The number of hydrogen-bond donors (Lipinski definition) is 2. The Labute approximate surface area is 254 Å². The van der Waals surface area contributed by atoms with Crippen LogP contribution >= 0.6 is 0 Å². The summed E-state index contributed by atoms with van der Waals surface area (Å²) >= 11 is 0. The Balaban J connectivity index is 1.68. The van der Waals surface area contributed by atoms with Gasteiger partial charge in [-0.2, -0.15) is 0 Å². The number of nitrogens with one attached hydrogen (secondary N) is 1. The average molecular weight is 596 g/mol. The Morgan fingerprint density at radius 2 is 1.93 bits per heavy atom. The van der Waals surface area contributed by atoms with E-state index in [4.69, 9.17) is 9.47 Å². The van der Waals surface area contributed by atoms with Crippen LogP contribution in [0.3, 0.4) is 0 Å². The first-order valence-corrected chi connectivity index (χ1v) is 15.1. The highest BCUT2D eigenvalue weighted by molar-refractivity contribution is 5.98. The molecule has 3 amide bonds. The molecule has 1 spiro atoms. The number of hydrogen-bond acceptors (Lipinski definition) is 7. The van der Waals surface area contributed by atoms with Gasteiger partial charge in [0, 0.05) is 18.5 Å². The Bertz CT molecular complexity index is 1230. The number of amides is 3. The number of carbonyl (C=O) groups is 4. The van der Waals surface area contributed by atoms with Crippen LogP contribution in [0.15, 0.2) is 55.6 Å². The molecule has 3 fully saturated rings. The topological polar surface area (TPSA) is 125 Å². The van der Waals surface area contributed by atoms with E-state index in [1.807, 2.05) is 51.1 Å². The molecule has 3 saturated heterocycles. The number of nitrogens with zero attached hydrogens (tertiary/aromatic N) is 2. The minimum absolute atomic E-state index is 0.125. The van der Waals surface area contributed by atoms with Crippen molar-refractivity contribution in [3.63, 3.8) is 0 Å². The molecule has 3 aliphatic heterocycles. The number of ether oxygens (including phenoxy) is 2. The molecule has 10 heteroatoms. The van der Waals surface area contributed by atoms with E-state index in [0.717, 1.165) is 0 Å². The molecule has 0 unspecified atom stereocenters. The SMILES string of the molecule is C=CCCC(=O)NC[C@H](C)OC(=O)[C@@H]1[C@H]2C(=O)N([C@H](CO)c3ccccc3)[C@H](C(=O)N(CC=C)C(C)(C)C)[C@]23CC[C@H]1O3. The summed E-state index contributed by atoms with van der Waals surface area (Å²) in [5, 5.41) is 13.4. The van der Waals surface area contributed by atoms with Gasteiger partial charge in [-0.05, 0) is 52.5 Å². The molecule has 4 rings (SSSR count). The molecule has 1 aromatic carbocycles. The van der Waals surface area contributed by atoms with Gasteiger partial charge in [0.1, 0.15) is 17.7 Å². The van der Waals surface area contributed by atoms with Crippen LogP contribution in [0.4, 0.5) is 0 Å². The van der Waals surface area contributed by atoms with E-state index in [2.05, 4.69) is 18.5 Å². The van der Waals surface area contributed by atoms with Crippen molar-refractivity contribution in [2.24, 2.45) is 11.8 Å². The Morgan fingerprint density at radius 1 is 1.23 bits per heavy atom. The van der Waals surface area contributed by atoms with Gasteiger partial charge in [0.05, 0.1) is 37.1 Å². The minimum atomic E-state index is -1.25. The molecule has 0 radical (unpaired) electrons. The first-order chi connectivity index (χ1) is 20.4. The lowest BCUT2D eigenvalue weighted by Crippen LogP contribution is -2.60. The fourth-order valence-corrected chi connectivity index (χ4v) is 6.87. The van der Waals surface area contributed by atoms with Crippen molar-refractivity contribution in [1.29, 1.82) is 0 Å². The van der Waals surface area contributed by atoms with Crippen molar-refractivity contribution >= 4 is 23.7 Å². The van der Waals surface area contributed by atoms with Crippen molar-refractivity contribution in [3.8, 4) is 0 Å². The maximum atomic E-state index is 14.6. The molecular formula is C33H45N3O7. The van der Waals surface area contributed by atoms with E-state index < -0.39 is 65.8 Å². The summed E-state index contributed by atoms with van der Waals surface area (Å²) in [6, 6.07) is 7.19. The van der Waals surface area contributed by atoms with Crippen molar-refractivity contribution in [2.75, 3.05) is 19.7 Å². The molecule has 0 aromatic heterocycles. The highest BCUT2D eigenvalue weighted by atomic mass is 16.6. The molecule has 0 aliphatic carbocycles. The average Bonchev–Trinajstić information content (AvgIpc) is 3.61. The largest absolute Gasteiger partial charge is 0.460 e. The summed E-state index contributed by atoms with van der Waals surface area (Å²) < 4.78 is 12.3. The molecule has 43 heavy (non-hydrogen) atoms. The normalized spacial score (nSPS) is 27.3. The molecule has 3 aliphatic rings. The molecule has 3 heterocycles. The lowest BCUT2D eigenvalue weighted by molar-refractivity contribution is -0.160. The summed E-state index contributed by atoms with van der Waals surface area (Å²) in [7, 11) is 0. The molecule has 234 valence electrons. The summed E-state index contributed by atoms with van der Waals surface area (Å²) in [4.78, 5) is 57.9. The van der Waals surface area contributed by atoms with Gasteiger partial charge in [-0.1, -0.05) is 42.5 Å². The second-order valence-corrected chi connectivity index (χ2v) is 12.7. The maximum Gasteiger partial charge on any atom is 0.312 e. The van der Waals surface area contributed by atoms with Crippen LogP contribution in [-0.4, -0.2) is 87.7 Å². The van der Waals surface area contributed by atoms with E-state index in [9.17, 15) is 24.3 Å². The Morgan fingerprint density at radius 3 is 2.53 bits per heavy atom. The molecular weight excluding hydrogens is 550 g/mol. The fourth-order valence-electron chi connectivity index (χ4n) is 6.87. The third-order valence-corrected chi connectivity index (χ3v) is 8.80. The zero-order valence-electron chi connectivity index (χ0n) is 25.7. The number of allylic oxidation sites excluding steroid dienone is 1. The van der Waals surface area contributed by atoms with E-state index in [0.29, 0.717) is 24.8 Å². The van der Waals surface area contributed by atoms with Crippen LogP contribution in [0.2, 0.25) is 0 Å². The first-order valence-electron chi connectivity index (χ1n) is 15.1. The third-order valence-electron chi connectivity index (χ3n) is 8.80. The fraction of sp³-hybridized carbons (Fsp3) is 0.576. The number of esters is 1. The highest BCUT2D eigenvalue weighted by Crippen LogP contribution is 2.60. The molecule has 2 bridgehead atoms. The van der Waals surface area contributed by atoms with Gasteiger partial charge < -0.3 is 29.7 Å². The van der Waals surface area contributed by atoms with Crippen LogP contribution in [-0.2, 0) is 28.7 Å². The second kappa shape index (κ2) is 13.0. The Kier molecular flexibility index (Phi) is 9.81. The second-order valence-electron chi connectivity index (χ2n) is 12.7. The van der Waals surface area contributed by atoms with Gasteiger partial charge in [0.25, 0.3) is 0 Å². The predicted molar refractivity (Wildman–Crippen MR) is 160 cm³/mol. The quantitative estimate of drug-likeness (QED) is 0.265. The summed E-state index contributed by atoms with van der Waals surface area (Å²) in [5.41, 5.74) is -1.18. The van der Waals surface area contributed by atoms with E-state index >= 15 is 0 Å². The van der Waals surface area contributed by atoms with Gasteiger partial charge >= 0.3 is 5.97 Å². The van der Waals surface area contributed by atoms with E-state index in [1.54, 1.807) is 24.0 Å². The number of aliphatic hydroxyl groups excluding tert-OH is 1. The van der Waals surface area contributed by atoms with Crippen LogP contribution in [0.1, 0.15) is 65.0 Å². The molecule has 7 atom stereocenters. The number of carbonyl (C=O) groups excluding carboxylic acids is 4. The summed E-state index contributed by atoms with van der Waals surface area (Å²) in [6.45, 7) is 14.8. The number of aliphatic hydroxyl groups is 1. The van der Waals surface area contributed by atoms with Crippen molar-refractivity contribution in [3.05, 3.63) is 61.2 Å². The van der Waals surface area contributed by atoms with Crippen molar-refractivity contribution < 1.29 is 33.8 Å². The lowest BCUT2D eigenvalue weighted by Gasteiger charge is -2.43. The van der Waals surface area contributed by atoms with E-state index in [1.165, 1.54) is 4.90 Å². The monoisotopic (exact) mass is 595 g/mol. The van der Waals surface area contributed by atoms with Gasteiger partial charge in [0.2, 0.25) is 17.7 Å². The standard InChI is InChI=1S/C33H45N3O7/c1-7-9-15-25(38)34-19-21(3)42-31(41)26-24-16-17-33(43-24)27(26)29(39)36(23(20-37)22-13-11-10-12-14-22)28(33)30(40)35(18-8-2)32(4,5)6/h7-8,10-14,21,23-24,26-28,37H,1-2,9,15-20H2,3-6H3,(H,34,38)/t21-,23+,24+,26-,27-,28+,33-/m0/s1. The van der Waals surface area contributed by atoms with Crippen LogP contribution in [0.5, 0.6) is 0 Å². The number of fused-ring (bicyclic) bond motifs is 1. The number of rotatable bonds is 13. The summed E-state index contributed by atoms with van der Waals surface area (Å²) in [6.07, 6.45) is 3.81. The van der Waals surface area contributed by atoms with Crippen molar-refractivity contribution in [2.45, 2.75) is 88.8 Å². The third kappa shape index (κ3) is 6.13. The molecule has 2 N–H and O–H groups in total. The first kappa shape index (κ1) is 32.4. The Hall–Kier alpha value is -3.50. The zero-order valence-corrected chi connectivity index (χ0v) is 25.7. The van der Waals surface area contributed by atoms with E-state index in [-0.39, 0.29) is 31.3 Å².